The molecule has 0 unspecified atom stereocenters. The van der Waals surface area contributed by atoms with Crippen molar-refractivity contribution in [3.8, 4) is 0 Å². The Morgan fingerprint density at radius 1 is 0.189 bits per heavy atom. The van der Waals surface area contributed by atoms with Crippen molar-refractivity contribution < 1.29 is 206 Å². The van der Waals surface area contributed by atoms with Crippen LogP contribution in [0.4, 0.5) is 0 Å². The van der Waals surface area contributed by atoms with Crippen LogP contribution in [-0.4, -0.2) is 61.6 Å². The van der Waals surface area contributed by atoms with Gasteiger partial charge < -0.3 is 94.5 Å². The van der Waals surface area contributed by atoms with Crippen LogP contribution in [0.25, 0.3) is 0 Å². The molecule has 23 heteroatoms. The van der Waals surface area contributed by atoms with Crippen LogP contribution in [0.3, 0.4) is 0 Å². The maximum Gasteiger partial charge on any atom is 5.00 e. The molecule has 0 spiro atoms. The molecule has 0 atom stereocenters. The van der Waals surface area contributed by atoms with Crippen LogP contribution in [0, 0.1) is 6.92 Å². The average Bonchev–Trinajstić information content (AvgIpc) is 2.66. The van der Waals surface area contributed by atoms with Crippen molar-refractivity contribution in [2.24, 2.45) is 0 Å². The van der Waals surface area contributed by atoms with Gasteiger partial charge in [0.25, 0.3) is 0 Å². The molecule has 0 bridgehead atoms. The molecule has 444 valence electrons. The zero-order valence-electron chi connectivity index (χ0n) is 52.5. The molecule has 0 N–H and O–H groups in total. The summed E-state index contributed by atoms with van der Waals surface area (Å²) in [6.07, 6.45) is 0. The van der Waals surface area contributed by atoms with Gasteiger partial charge in [-0.2, -0.15) is 0 Å². The summed E-state index contributed by atoms with van der Waals surface area (Å²) >= 11 is 0. The number of rotatable bonds is 0. The van der Waals surface area contributed by atoms with Gasteiger partial charge in [0.1, 0.15) is 0 Å². The Bertz CT molecular complexity index is 742. The molecule has 0 amide bonds. The van der Waals surface area contributed by atoms with Gasteiger partial charge in [-0.1, -0.05) is 264 Å². The Hall–Kier alpha value is 2.20. The van der Waals surface area contributed by atoms with Gasteiger partial charge in [-0.25, -0.2) is 0 Å². The van der Waals surface area contributed by atoms with Gasteiger partial charge in [0.05, 0.1) is 0 Å². The topological polar surface area (TPSA) is 453 Å². The van der Waals surface area contributed by atoms with E-state index in [1.54, 1.807) is 228 Å². The quantitative estimate of drug-likeness (QED) is 0.363. The number of hydrogen-bond donors (Lipinski definition) is 0. The van der Waals surface area contributed by atoms with Crippen LogP contribution in [0.15, 0.2) is 30.3 Å². The summed E-state index contributed by atoms with van der Waals surface area (Å²) in [5.74, 6) is 0. The monoisotopic (exact) mass is 1910 g/mol. The van der Waals surface area contributed by atoms with Crippen molar-refractivity contribution in [1.29, 1.82) is 0 Å². The van der Waals surface area contributed by atoms with Crippen LogP contribution < -0.4 is 56.2 Å². The van der Waals surface area contributed by atoms with Crippen molar-refractivity contribution in [1.82, 2.24) is 0 Å². The molecule has 0 saturated carbocycles. The van der Waals surface area contributed by atoms with Gasteiger partial charge in [-0.15, -0.1) is 61.6 Å². The SMILES string of the molecule is CC(C)(C)[O-].CC(C)(C)[O-].CC(C)(C)[O-].CC(C)(C)[O-].CC(C)(C)[O-].CC(C)(C)[O-].CC(C)(C)[O-].CC(C)(C)[O-].CC(C)(C)[O-].CC(C)(C)[O-].CC(C)(C)[O-].Cc1ccccc1.[O-2].[O-2].[O-2].[O-2].[O-2].[O-2].[O-2].[Ta+5].[Ta+5].[Ta+5].[Ta+5].[Ta+5]. The maximum atomic E-state index is 10.1. The summed E-state index contributed by atoms with van der Waals surface area (Å²) in [4.78, 5) is 0. The summed E-state index contributed by atoms with van der Waals surface area (Å²) < 4.78 is 0. The van der Waals surface area contributed by atoms with Crippen LogP contribution >= 0.6 is 0 Å². The van der Waals surface area contributed by atoms with Crippen molar-refractivity contribution in [3.63, 3.8) is 0 Å². The Balaban J connectivity index is -0.0000000180. The van der Waals surface area contributed by atoms with Crippen LogP contribution in [0.2, 0.25) is 0 Å². The Morgan fingerprint density at radius 3 is 0.270 bits per heavy atom. The first-order valence-electron chi connectivity index (χ1n) is 21.2. The molecule has 0 fully saturated rings. The predicted molar refractivity (Wildman–Crippen MR) is 253 cm³/mol. The molecule has 1 aromatic rings. The molecule has 0 saturated heterocycles. The minimum Gasteiger partial charge on any atom is -2.00 e. The van der Waals surface area contributed by atoms with E-state index in [4.69, 9.17) is 0 Å². The second-order valence-electron chi connectivity index (χ2n) is 24.9. The fraction of sp³-hybridized carbons (Fsp3) is 0.882. The van der Waals surface area contributed by atoms with E-state index in [1.807, 2.05) is 18.2 Å². The number of benzene rings is 1. The van der Waals surface area contributed by atoms with E-state index in [-0.39, 0.29) is 150 Å². The summed E-state index contributed by atoms with van der Waals surface area (Å²) in [6.45, 7) is 55.9. The average molecular weight is 1910 g/mol. The standard InChI is InChI=1S/C7H8.11C4H9O.7O.5Ta/c1-7-5-3-2-4-6-7;11*1-4(2,3)5;;;;;;;;;;;;/h2-6H,1H3;11*1-3H3;;;;;;;;;;;;/q;11*-1;7*-2;5*+5. The molecule has 1 aromatic carbocycles. The molecule has 74 heavy (non-hydrogen) atoms. The minimum atomic E-state index is -0.750. The van der Waals surface area contributed by atoms with Crippen LogP contribution in [0.5, 0.6) is 0 Å². The predicted octanol–water partition coefficient (Wildman–Crippen LogP) is 2.75. The molecule has 0 aliphatic carbocycles. The van der Waals surface area contributed by atoms with E-state index >= 15 is 0 Å². The molecular formula is C51H107O18Ta5. The van der Waals surface area contributed by atoms with E-state index < -0.39 is 61.6 Å². The molecule has 0 aliphatic rings. The molecule has 1 rings (SSSR count). The van der Waals surface area contributed by atoms with Gasteiger partial charge in [0, 0.05) is 0 Å². The van der Waals surface area contributed by atoms with E-state index in [0.29, 0.717) is 0 Å². The van der Waals surface area contributed by atoms with E-state index in [1.165, 1.54) is 5.56 Å². The first-order valence-corrected chi connectivity index (χ1v) is 21.2. The van der Waals surface area contributed by atoms with Gasteiger partial charge in [-0.05, 0) is 6.92 Å². The van der Waals surface area contributed by atoms with Crippen molar-refractivity contribution in [2.75, 3.05) is 0 Å². The molecule has 0 aromatic heterocycles. The Labute approximate surface area is 534 Å². The number of aryl methyl sites for hydroxylation is 1. The Kier molecular flexibility index (Phi) is 147. The smallest absolute Gasteiger partial charge is 2.00 e. The van der Waals surface area contributed by atoms with E-state index in [2.05, 4.69) is 19.1 Å². The molecular weight excluding hydrogens is 1810 g/mol. The third kappa shape index (κ3) is 3820. The van der Waals surface area contributed by atoms with Crippen molar-refractivity contribution in [3.05, 3.63) is 35.9 Å². The minimum absolute atomic E-state index is 0. The molecule has 0 heterocycles. The van der Waals surface area contributed by atoms with E-state index in [0.717, 1.165) is 0 Å². The first kappa shape index (κ1) is 152. The van der Waals surface area contributed by atoms with E-state index in [9.17, 15) is 56.2 Å². The van der Waals surface area contributed by atoms with Gasteiger partial charge >= 0.3 is 112 Å². The maximum absolute atomic E-state index is 10.1. The second kappa shape index (κ2) is 71.3. The third-order valence-corrected chi connectivity index (χ3v) is 0.940. The number of hydrogen-bond acceptors (Lipinski definition) is 11. The molecule has 0 aliphatic heterocycles. The van der Waals surface area contributed by atoms with Gasteiger partial charge in [-0.3, -0.25) is 0 Å². The largest absolute Gasteiger partial charge is 5.00 e. The van der Waals surface area contributed by atoms with Gasteiger partial charge in [0.15, 0.2) is 0 Å². The zero-order chi connectivity index (χ0) is 54.6. The first-order chi connectivity index (χ1) is 25.4. The van der Waals surface area contributed by atoms with Crippen molar-refractivity contribution >= 4 is 0 Å². The molecule has 0 radical (unpaired) electrons. The summed E-state index contributed by atoms with van der Waals surface area (Å²) in [7, 11) is 0. The van der Waals surface area contributed by atoms with Crippen LogP contribution in [0.1, 0.15) is 234 Å². The third-order valence-electron chi connectivity index (χ3n) is 0.940. The fourth-order valence-corrected chi connectivity index (χ4v) is 0.534. The van der Waals surface area contributed by atoms with Gasteiger partial charge in [0.2, 0.25) is 0 Å². The fourth-order valence-electron chi connectivity index (χ4n) is 0.534. The zero-order valence-corrected chi connectivity index (χ0v) is 68.5. The normalized spacial score (nSPS) is 9.74. The second-order valence-corrected chi connectivity index (χ2v) is 24.9. The summed E-state index contributed by atoms with van der Waals surface area (Å²) in [5.41, 5.74) is -6.93. The molecule has 18 nitrogen and oxygen atoms in total. The van der Waals surface area contributed by atoms with Crippen molar-refractivity contribution in [2.45, 2.75) is 297 Å². The Morgan fingerprint density at radius 2 is 0.243 bits per heavy atom. The van der Waals surface area contributed by atoms with Crippen LogP contribution in [-0.2, 0) is 150 Å². The summed E-state index contributed by atoms with van der Waals surface area (Å²) in [6, 6.07) is 10.3. The summed E-state index contributed by atoms with van der Waals surface area (Å²) in [5, 5.41) is 111.